The first-order valence-corrected chi connectivity index (χ1v) is 9.86. The summed E-state index contributed by atoms with van der Waals surface area (Å²) in [5.41, 5.74) is 4.43. The lowest BCUT2D eigenvalue weighted by molar-refractivity contribution is 0.0519. The van der Waals surface area contributed by atoms with Crippen LogP contribution in [0.1, 0.15) is 64.0 Å². The number of aromatic amines is 1. The summed E-state index contributed by atoms with van der Waals surface area (Å²) >= 11 is 0. The highest BCUT2D eigenvalue weighted by Gasteiger charge is 2.22. The molecule has 6 nitrogen and oxygen atoms in total. The number of benzene rings is 1. The van der Waals surface area contributed by atoms with Gasteiger partial charge >= 0.3 is 5.97 Å². The quantitative estimate of drug-likeness (QED) is 0.647. The van der Waals surface area contributed by atoms with Gasteiger partial charge in [0.05, 0.1) is 12.2 Å². The first-order valence-electron chi connectivity index (χ1n) is 9.86. The van der Waals surface area contributed by atoms with Gasteiger partial charge in [0.1, 0.15) is 5.69 Å². The molecule has 0 saturated heterocycles. The fraction of sp³-hybridized carbons (Fsp3) is 0.455. The molecular weight excluding hydrogens is 354 g/mol. The van der Waals surface area contributed by atoms with Crippen molar-refractivity contribution in [3.05, 3.63) is 57.9 Å². The van der Waals surface area contributed by atoms with Crippen molar-refractivity contribution in [3.63, 3.8) is 0 Å². The van der Waals surface area contributed by atoms with Crippen LogP contribution in [-0.4, -0.2) is 41.5 Å². The van der Waals surface area contributed by atoms with E-state index in [1.807, 2.05) is 18.2 Å². The predicted octanol–water partition coefficient (Wildman–Crippen LogP) is 3.58. The van der Waals surface area contributed by atoms with Gasteiger partial charge in [0.15, 0.2) is 0 Å². The smallest absolute Gasteiger partial charge is 0.355 e. The van der Waals surface area contributed by atoms with Crippen LogP contribution in [-0.2, 0) is 17.8 Å². The molecule has 0 spiro atoms. The van der Waals surface area contributed by atoms with Crippen molar-refractivity contribution in [2.75, 3.05) is 19.7 Å². The van der Waals surface area contributed by atoms with Crippen molar-refractivity contribution in [3.8, 4) is 0 Å². The Hall–Kier alpha value is -2.60. The van der Waals surface area contributed by atoms with Gasteiger partial charge in [-0.25, -0.2) is 4.79 Å². The Morgan fingerprint density at radius 2 is 1.71 bits per heavy atom. The Labute approximate surface area is 167 Å². The molecule has 0 bridgehead atoms. The maximum atomic E-state index is 12.8. The van der Waals surface area contributed by atoms with E-state index in [4.69, 9.17) is 4.74 Å². The van der Waals surface area contributed by atoms with E-state index in [0.29, 0.717) is 35.7 Å². The zero-order valence-corrected chi connectivity index (χ0v) is 17.5. The number of rotatable bonds is 9. The second kappa shape index (κ2) is 10.1. The monoisotopic (exact) mass is 385 g/mol. The standard InChI is InChI=1S/C22H31N3O3/c1-6-25(7-2)14-18-12-10-9-11-17(18)13-23-21(26)19-15(4)20(24-16(19)5)22(27)28-8-3/h9-12,24H,6-8,13-14H2,1-5H3,(H,23,26). The lowest BCUT2D eigenvalue weighted by Gasteiger charge is -2.20. The molecule has 1 amide bonds. The van der Waals surface area contributed by atoms with Gasteiger partial charge in [-0.05, 0) is 50.6 Å². The summed E-state index contributed by atoms with van der Waals surface area (Å²) in [6.07, 6.45) is 0. The normalized spacial score (nSPS) is 10.9. The van der Waals surface area contributed by atoms with Crippen LogP contribution in [0.2, 0.25) is 0 Å². The third-order valence-electron chi connectivity index (χ3n) is 4.99. The summed E-state index contributed by atoms with van der Waals surface area (Å²) in [5.74, 6) is -0.633. The van der Waals surface area contributed by atoms with Crippen LogP contribution in [0.5, 0.6) is 0 Å². The van der Waals surface area contributed by atoms with Gasteiger partial charge in [0.25, 0.3) is 5.91 Å². The Morgan fingerprint density at radius 1 is 1.07 bits per heavy atom. The van der Waals surface area contributed by atoms with Gasteiger partial charge in [-0.3, -0.25) is 9.69 Å². The van der Waals surface area contributed by atoms with Gasteiger partial charge in [-0.1, -0.05) is 38.1 Å². The molecule has 1 heterocycles. The van der Waals surface area contributed by atoms with E-state index in [-0.39, 0.29) is 5.91 Å². The average Bonchev–Trinajstić information content (AvgIpc) is 2.99. The summed E-state index contributed by atoms with van der Waals surface area (Å²) in [6, 6.07) is 8.15. The number of ether oxygens (including phenoxy) is 1. The van der Waals surface area contributed by atoms with Gasteiger partial charge in [0, 0.05) is 18.8 Å². The van der Waals surface area contributed by atoms with Gasteiger partial charge in [-0.15, -0.1) is 0 Å². The minimum Gasteiger partial charge on any atom is -0.461 e. The molecule has 1 aromatic heterocycles. The zero-order valence-electron chi connectivity index (χ0n) is 17.5. The number of hydrogen-bond donors (Lipinski definition) is 2. The Kier molecular flexibility index (Phi) is 7.81. The van der Waals surface area contributed by atoms with E-state index < -0.39 is 5.97 Å². The SMILES string of the molecule is CCOC(=O)c1[nH]c(C)c(C(=O)NCc2ccccc2CN(CC)CC)c1C. The van der Waals surface area contributed by atoms with E-state index in [1.54, 1.807) is 20.8 Å². The van der Waals surface area contributed by atoms with E-state index in [2.05, 4.69) is 35.1 Å². The molecule has 2 rings (SSSR count). The van der Waals surface area contributed by atoms with E-state index in [1.165, 1.54) is 5.56 Å². The van der Waals surface area contributed by atoms with Gasteiger partial charge in [0.2, 0.25) is 0 Å². The molecular formula is C22H31N3O3. The summed E-state index contributed by atoms with van der Waals surface area (Å²) in [4.78, 5) is 30.2. The number of nitrogens with zero attached hydrogens (tertiary/aromatic N) is 1. The Morgan fingerprint density at radius 3 is 2.32 bits per heavy atom. The number of H-pyrrole nitrogens is 1. The number of amides is 1. The number of nitrogens with one attached hydrogen (secondary N) is 2. The number of aryl methyl sites for hydroxylation is 1. The second-order valence-electron chi connectivity index (χ2n) is 6.76. The molecule has 0 radical (unpaired) electrons. The highest BCUT2D eigenvalue weighted by atomic mass is 16.5. The van der Waals surface area contributed by atoms with Crippen LogP contribution in [0.3, 0.4) is 0 Å². The van der Waals surface area contributed by atoms with E-state index >= 15 is 0 Å². The van der Waals surface area contributed by atoms with Crippen molar-refractivity contribution >= 4 is 11.9 Å². The summed E-state index contributed by atoms with van der Waals surface area (Å²) in [7, 11) is 0. The third kappa shape index (κ3) is 5.01. The minimum absolute atomic E-state index is 0.195. The molecule has 6 heteroatoms. The predicted molar refractivity (Wildman–Crippen MR) is 110 cm³/mol. The molecule has 0 saturated carbocycles. The lowest BCUT2D eigenvalue weighted by Crippen LogP contribution is -2.26. The van der Waals surface area contributed by atoms with E-state index in [0.717, 1.165) is 25.2 Å². The van der Waals surface area contributed by atoms with Crippen LogP contribution in [0.25, 0.3) is 0 Å². The number of esters is 1. The summed E-state index contributed by atoms with van der Waals surface area (Å²) < 4.78 is 5.05. The molecule has 0 fully saturated rings. The summed E-state index contributed by atoms with van der Waals surface area (Å²) in [5, 5.41) is 3.00. The second-order valence-corrected chi connectivity index (χ2v) is 6.76. The average molecular weight is 386 g/mol. The molecule has 0 unspecified atom stereocenters. The van der Waals surface area contributed by atoms with Crippen LogP contribution in [0.15, 0.2) is 24.3 Å². The van der Waals surface area contributed by atoms with Crippen LogP contribution < -0.4 is 5.32 Å². The molecule has 1 aromatic carbocycles. The minimum atomic E-state index is -0.438. The first-order chi connectivity index (χ1) is 13.4. The molecule has 2 aromatic rings. The fourth-order valence-electron chi connectivity index (χ4n) is 3.33. The van der Waals surface area contributed by atoms with Crippen molar-refractivity contribution in [2.24, 2.45) is 0 Å². The number of hydrogen-bond acceptors (Lipinski definition) is 4. The maximum Gasteiger partial charge on any atom is 0.355 e. The molecule has 2 N–H and O–H groups in total. The topological polar surface area (TPSA) is 74.4 Å². The molecule has 28 heavy (non-hydrogen) atoms. The van der Waals surface area contributed by atoms with Crippen molar-refractivity contribution < 1.29 is 14.3 Å². The molecule has 0 aliphatic carbocycles. The first kappa shape index (κ1) is 21.7. The molecule has 0 aliphatic rings. The Bertz CT molecular complexity index is 822. The Balaban J connectivity index is 2.14. The van der Waals surface area contributed by atoms with Gasteiger partial charge < -0.3 is 15.0 Å². The number of aromatic nitrogens is 1. The fourth-order valence-corrected chi connectivity index (χ4v) is 3.33. The highest BCUT2D eigenvalue weighted by molar-refractivity contribution is 6.01. The van der Waals surface area contributed by atoms with Crippen molar-refractivity contribution in [2.45, 2.75) is 47.7 Å². The zero-order chi connectivity index (χ0) is 20.7. The molecule has 0 aliphatic heterocycles. The highest BCUT2D eigenvalue weighted by Crippen LogP contribution is 2.19. The van der Waals surface area contributed by atoms with Crippen LogP contribution in [0, 0.1) is 13.8 Å². The largest absolute Gasteiger partial charge is 0.461 e. The van der Waals surface area contributed by atoms with Crippen molar-refractivity contribution in [1.82, 2.24) is 15.2 Å². The summed E-state index contributed by atoms with van der Waals surface area (Å²) in [6.45, 7) is 13.2. The number of carbonyl (C=O) groups is 2. The van der Waals surface area contributed by atoms with Crippen LogP contribution in [0.4, 0.5) is 0 Å². The number of carbonyl (C=O) groups excluding carboxylic acids is 2. The maximum absolute atomic E-state index is 12.8. The molecule has 0 atom stereocenters. The van der Waals surface area contributed by atoms with Gasteiger partial charge in [-0.2, -0.15) is 0 Å². The van der Waals surface area contributed by atoms with E-state index in [9.17, 15) is 9.59 Å². The van der Waals surface area contributed by atoms with Crippen LogP contribution >= 0.6 is 0 Å². The van der Waals surface area contributed by atoms with Crippen molar-refractivity contribution in [1.29, 1.82) is 0 Å². The molecule has 152 valence electrons. The lowest BCUT2D eigenvalue weighted by atomic mass is 10.1. The third-order valence-corrected chi connectivity index (χ3v) is 4.99.